The summed E-state index contributed by atoms with van der Waals surface area (Å²) < 4.78 is 32.5. The molecular formula is C26H20F2N2O4S. The lowest BCUT2D eigenvalue weighted by Crippen LogP contribution is -2.36. The summed E-state index contributed by atoms with van der Waals surface area (Å²) in [6.45, 7) is 1.84. The fourth-order valence-electron chi connectivity index (χ4n) is 3.34. The predicted octanol–water partition coefficient (Wildman–Crippen LogP) is 5.53. The van der Waals surface area contributed by atoms with Crippen LogP contribution in [0.1, 0.15) is 16.7 Å². The van der Waals surface area contributed by atoms with Crippen LogP contribution in [0.4, 0.5) is 19.3 Å². The molecule has 9 heteroatoms. The minimum atomic E-state index is -0.960. The zero-order valence-electron chi connectivity index (χ0n) is 18.6. The number of hydrogen-bond acceptors (Lipinski definition) is 5. The van der Waals surface area contributed by atoms with Gasteiger partial charge in [0.25, 0.3) is 11.1 Å². The van der Waals surface area contributed by atoms with E-state index in [4.69, 9.17) is 4.74 Å². The number of carbonyl (C=O) groups excluding carboxylic acids is 3. The number of nitrogens with zero attached hydrogens (tertiary/aromatic N) is 1. The summed E-state index contributed by atoms with van der Waals surface area (Å²) in [5.74, 6) is -2.51. The third-order valence-electron chi connectivity index (χ3n) is 5.05. The number of hydrogen-bond donors (Lipinski definition) is 1. The third kappa shape index (κ3) is 6.13. The zero-order valence-corrected chi connectivity index (χ0v) is 19.4. The van der Waals surface area contributed by atoms with Crippen molar-refractivity contribution < 1.29 is 27.9 Å². The van der Waals surface area contributed by atoms with Gasteiger partial charge in [0.05, 0.1) is 10.6 Å². The maximum atomic E-state index is 13.7. The Labute approximate surface area is 204 Å². The second kappa shape index (κ2) is 10.5. The lowest BCUT2D eigenvalue weighted by atomic mass is 10.1. The molecule has 0 unspecified atom stereocenters. The van der Waals surface area contributed by atoms with Gasteiger partial charge in [0, 0.05) is 6.07 Å². The van der Waals surface area contributed by atoms with Crippen LogP contribution in [0.5, 0.6) is 5.75 Å². The fourth-order valence-corrected chi connectivity index (χ4v) is 4.18. The first-order chi connectivity index (χ1) is 16.8. The van der Waals surface area contributed by atoms with Crippen molar-refractivity contribution in [2.24, 2.45) is 0 Å². The molecule has 0 atom stereocenters. The first-order valence-electron chi connectivity index (χ1n) is 10.6. The van der Waals surface area contributed by atoms with Gasteiger partial charge in [-0.3, -0.25) is 19.3 Å². The number of halogens is 2. The minimum absolute atomic E-state index is 0.157. The highest BCUT2D eigenvalue weighted by molar-refractivity contribution is 8.18. The number of rotatable bonds is 7. The normalized spacial score (nSPS) is 14.5. The highest BCUT2D eigenvalue weighted by Gasteiger charge is 2.36. The minimum Gasteiger partial charge on any atom is -0.489 e. The van der Waals surface area contributed by atoms with E-state index in [0.717, 1.165) is 28.2 Å². The number of carbonyl (C=O) groups is 3. The van der Waals surface area contributed by atoms with Crippen molar-refractivity contribution in [3.05, 3.63) is 100.0 Å². The summed E-state index contributed by atoms with van der Waals surface area (Å²) >= 11 is 0.707. The van der Waals surface area contributed by atoms with Gasteiger partial charge in [-0.05, 0) is 60.2 Å². The van der Waals surface area contributed by atoms with E-state index in [-0.39, 0.29) is 10.6 Å². The molecule has 1 aliphatic rings. The largest absolute Gasteiger partial charge is 0.489 e. The van der Waals surface area contributed by atoms with Gasteiger partial charge in [0.2, 0.25) is 5.91 Å². The Morgan fingerprint density at radius 1 is 1.06 bits per heavy atom. The average Bonchev–Trinajstić information content (AvgIpc) is 3.08. The van der Waals surface area contributed by atoms with Crippen LogP contribution in [0, 0.1) is 18.6 Å². The van der Waals surface area contributed by atoms with E-state index in [2.05, 4.69) is 5.32 Å². The van der Waals surface area contributed by atoms with E-state index in [1.807, 2.05) is 31.2 Å². The molecule has 3 aromatic rings. The lowest BCUT2D eigenvalue weighted by Gasteiger charge is -2.12. The van der Waals surface area contributed by atoms with Crippen LogP contribution in [-0.4, -0.2) is 28.5 Å². The summed E-state index contributed by atoms with van der Waals surface area (Å²) in [5.41, 5.74) is 2.63. The molecule has 0 saturated carbocycles. The third-order valence-corrected chi connectivity index (χ3v) is 5.95. The summed E-state index contributed by atoms with van der Waals surface area (Å²) in [7, 11) is 0. The van der Waals surface area contributed by atoms with Gasteiger partial charge in [-0.25, -0.2) is 8.78 Å². The van der Waals surface area contributed by atoms with E-state index in [1.165, 1.54) is 0 Å². The maximum absolute atomic E-state index is 13.7. The van der Waals surface area contributed by atoms with Crippen molar-refractivity contribution in [2.45, 2.75) is 13.5 Å². The molecule has 35 heavy (non-hydrogen) atoms. The van der Waals surface area contributed by atoms with Crippen LogP contribution in [0.15, 0.2) is 71.6 Å². The van der Waals surface area contributed by atoms with Gasteiger partial charge in [0.1, 0.15) is 30.5 Å². The van der Waals surface area contributed by atoms with Crippen LogP contribution < -0.4 is 10.1 Å². The molecule has 0 aliphatic carbocycles. The van der Waals surface area contributed by atoms with Gasteiger partial charge in [0.15, 0.2) is 0 Å². The quantitative estimate of drug-likeness (QED) is 0.438. The van der Waals surface area contributed by atoms with Crippen molar-refractivity contribution in [2.75, 3.05) is 11.9 Å². The van der Waals surface area contributed by atoms with Crippen LogP contribution in [0.3, 0.4) is 0 Å². The molecule has 0 aromatic heterocycles. The van der Waals surface area contributed by atoms with Crippen molar-refractivity contribution in [1.29, 1.82) is 0 Å². The number of amides is 3. The molecule has 1 fully saturated rings. The first kappa shape index (κ1) is 24.2. The van der Waals surface area contributed by atoms with E-state index < -0.39 is 35.2 Å². The molecule has 0 radical (unpaired) electrons. The highest BCUT2D eigenvalue weighted by atomic mass is 32.2. The standard InChI is InChI=1S/C26H20F2N2O4S/c1-16-3-2-4-18(11-16)15-34-20-8-5-17(6-9-20)12-23-25(32)30(26(33)35-23)14-24(31)29-22-10-7-19(27)13-21(22)28/h2-13H,14-15H2,1H3,(H,29,31)/b23-12+. The van der Waals surface area contributed by atoms with Crippen LogP contribution >= 0.6 is 11.8 Å². The van der Waals surface area contributed by atoms with Gasteiger partial charge in [-0.1, -0.05) is 42.0 Å². The average molecular weight is 495 g/mol. The number of aryl methyl sites for hydroxylation is 1. The molecule has 6 nitrogen and oxygen atoms in total. The van der Waals surface area contributed by atoms with Crippen LogP contribution in [0.25, 0.3) is 6.08 Å². The summed E-state index contributed by atoms with van der Waals surface area (Å²) in [4.78, 5) is 38.1. The molecule has 1 N–H and O–H groups in total. The molecule has 3 aromatic carbocycles. The number of thioether (sulfide) groups is 1. The van der Waals surface area contributed by atoms with Crippen molar-refractivity contribution >= 4 is 40.6 Å². The number of anilines is 1. The fraction of sp³-hybridized carbons (Fsp3) is 0.115. The second-order valence-electron chi connectivity index (χ2n) is 7.79. The zero-order chi connectivity index (χ0) is 24.9. The monoisotopic (exact) mass is 494 g/mol. The van der Waals surface area contributed by atoms with E-state index in [1.54, 1.807) is 30.3 Å². The van der Waals surface area contributed by atoms with Gasteiger partial charge in [-0.15, -0.1) is 0 Å². The van der Waals surface area contributed by atoms with Crippen LogP contribution in [-0.2, 0) is 16.2 Å². The molecular weight excluding hydrogens is 474 g/mol. The predicted molar refractivity (Wildman–Crippen MR) is 130 cm³/mol. The summed E-state index contributed by atoms with van der Waals surface area (Å²) in [5, 5.41) is 1.62. The SMILES string of the molecule is Cc1cccc(COc2ccc(/C=C3/SC(=O)N(CC(=O)Nc4ccc(F)cc4F)C3=O)cc2)c1. The van der Waals surface area contributed by atoms with E-state index >= 15 is 0 Å². The summed E-state index contributed by atoms with van der Waals surface area (Å²) in [6.07, 6.45) is 1.55. The molecule has 1 saturated heterocycles. The Kier molecular flexibility index (Phi) is 7.26. The van der Waals surface area contributed by atoms with Gasteiger partial charge >= 0.3 is 0 Å². The lowest BCUT2D eigenvalue weighted by molar-refractivity contribution is -0.127. The van der Waals surface area contributed by atoms with Crippen molar-refractivity contribution in [3.63, 3.8) is 0 Å². The number of nitrogens with one attached hydrogen (secondary N) is 1. The smallest absolute Gasteiger partial charge is 0.294 e. The number of benzene rings is 3. The van der Waals surface area contributed by atoms with Crippen LogP contribution in [0.2, 0.25) is 0 Å². The van der Waals surface area contributed by atoms with Crippen molar-refractivity contribution in [3.8, 4) is 5.75 Å². The molecule has 1 heterocycles. The second-order valence-corrected chi connectivity index (χ2v) is 8.78. The molecule has 4 rings (SSSR count). The molecule has 0 spiro atoms. The van der Waals surface area contributed by atoms with E-state index in [0.29, 0.717) is 35.7 Å². The number of ether oxygens (including phenoxy) is 1. The topological polar surface area (TPSA) is 75.7 Å². The van der Waals surface area contributed by atoms with Gasteiger partial charge in [-0.2, -0.15) is 0 Å². The Bertz CT molecular complexity index is 1330. The Hall–Kier alpha value is -3.98. The first-order valence-corrected chi connectivity index (χ1v) is 11.4. The number of imide groups is 1. The van der Waals surface area contributed by atoms with Gasteiger partial charge < -0.3 is 10.1 Å². The molecule has 3 amide bonds. The van der Waals surface area contributed by atoms with E-state index in [9.17, 15) is 23.2 Å². The highest BCUT2D eigenvalue weighted by Crippen LogP contribution is 2.32. The Morgan fingerprint density at radius 3 is 2.54 bits per heavy atom. The maximum Gasteiger partial charge on any atom is 0.294 e. The van der Waals surface area contributed by atoms with Crippen molar-refractivity contribution in [1.82, 2.24) is 4.90 Å². The molecule has 178 valence electrons. The molecule has 0 bridgehead atoms. The Balaban J connectivity index is 1.36. The Morgan fingerprint density at radius 2 is 1.83 bits per heavy atom. The molecule has 1 aliphatic heterocycles. The summed E-state index contributed by atoms with van der Waals surface area (Å²) in [6, 6.07) is 17.7.